The van der Waals surface area contributed by atoms with E-state index in [2.05, 4.69) is 15.9 Å². The lowest BCUT2D eigenvalue weighted by atomic mass is 9.79. The predicted octanol–water partition coefficient (Wildman–Crippen LogP) is 4.19. The third-order valence-corrected chi connectivity index (χ3v) is 9.15. The molecule has 0 radical (unpaired) electrons. The Hall–Kier alpha value is -3.71. The topological polar surface area (TPSA) is 93.0 Å². The SMILES string of the molecule is CN1CCC[C@H]1C(=O)N1CCc2c(nc(N3CCC4(CN(C(=O)OC(C)(C)C)C4)C3)c(C#N)c2-c2ccccc2F)C1. The van der Waals surface area contributed by atoms with Crippen molar-refractivity contribution >= 4 is 17.8 Å². The number of likely N-dealkylation sites (tertiary alicyclic amines) is 2. The molecule has 2 amide bonds. The van der Waals surface area contributed by atoms with E-state index in [9.17, 15) is 14.9 Å². The van der Waals surface area contributed by atoms with Crippen molar-refractivity contribution in [3.8, 4) is 17.2 Å². The van der Waals surface area contributed by atoms with Gasteiger partial charge in [0.25, 0.3) is 0 Å². The van der Waals surface area contributed by atoms with Gasteiger partial charge in [-0.3, -0.25) is 9.69 Å². The fourth-order valence-corrected chi connectivity index (χ4v) is 7.07. The molecule has 9 nitrogen and oxygen atoms in total. The molecule has 1 spiro atoms. The molecule has 2 aromatic rings. The maximum atomic E-state index is 15.3. The average molecular weight is 575 g/mol. The van der Waals surface area contributed by atoms with E-state index in [4.69, 9.17) is 9.72 Å². The van der Waals surface area contributed by atoms with E-state index in [0.29, 0.717) is 68.2 Å². The van der Waals surface area contributed by atoms with Crippen LogP contribution in [0, 0.1) is 22.6 Å². The second-order valence-electron chi connectivity index (χ2n) is 13.4. The van der Waals surface area contributed by atoms with Crippen molar-refractivity contribution in [1.29, 1.82) is 5.26 Å². The van der Waals surface area contributed by atoms with Crippen LogP contribution >= 0.6 is 0 Å². The van der Waals surface area contributed by atoms with Gasteiger partial charge in [0.05, 0.1) is 18.3 Å². The van der Waals surface area contributed by atoms with Crippen molar-refractivity contribution in [1.82, 2.24) is 19.7 Å². The van der Waals surface area contributed by atoms with Gasteiger partial charge in [0, 0.05) is 49.3 Å². The summed E-state index contributed by atoms with van der Waals surface area (Å²) in [6.45, 7) is 9.82. The molecule has 3 fully saturated rings. The molecule has 0 N–H and O–H groups in total. The zero-order valence-corrected chi connectivity index (χ0v) is 25.0. The van der Waals surface area contributed by atoms with Crippen LogP contribution < -0.4 is 4.90 Å². The zero-order valence-electron chi connectivity index (χ0n) is 25.0. The fourth-order valence-electron chi connectivity index (χ4n) is 7.07. The first-order valence-corrected chi connectivity index (χ1v) is 14.9. The monoisotopic (exact) mass is 574 g/mol. The van der Waals surface area contributed by atoms with E-state index in [1.165, 1.54) is 6.07 Å². The molecule has 42 heavy (non-hydrogen) atoms. The quantitative estimate of drug-likeness (QED) is 0.543. The highest BCUT2D eigenvalue weighted by molar-refractivity contribution is 5.84. The molecule has 1 aromatic carbocycles. The number of aromatic nitrogens is 1. The first kappa shape index (κ1) is 28.4. The van der Waals surface area contributed by atoms with Crippen LogP contribution in [0.2, 0.25) is 0 Å². The minimum absolute atomic E-state index is 0.103. The Morgan fingerprint density at radius 2 is 1.88 bits per heavy atom. The van der Waals surface area contributed by atoms with Crippen LogP contribution in [-0.4, -0.2) is 89.6 Å². The molecule has 1 aromatic heterocycles. The fraction of sp³-hybridized carbons (Fsp3) is 0.562. The summed E-state index contributed by atoms with van der Waals surface area (Å²) < 4.78 is 20.8. The van der Waals surface area contributed by atoms with Crippen molar-refractivity contribution < 1.29 is 18.7 Å². The maximum absolute atomic E-state index is 15.3. The summed E-state index contributed by atoms with van der Waals surface area (Å²) in [4.78, 5) is 39.0. The number of nitrogens with zero attached hydrogens (tertiary/aromatic N) is 6. The lowest BCUT2D eigenvalue weighted by Crippen LogP contribution is -2.60. The van der Waals surface area contributed by atoms with Gasteiger partial charge in [0.1, 0.15) is 28.9 Å². The van der Waals surface area contributed by atoms with Crippen LogP contribution in [0.25, 0.3) is 11.1 Å². The average Bonchev–Trinajstić information content (AvgIpc) is 3.57. The van der Waals surface area contributed by atoms with Crippen LogP contribution in [-0.2, 0) is 22.5 Å². The molecule has 3 saturated heterocycles. The van der Waals surface area contributed by atoms with Crippen molar-refractivity contribution in [2.75, 3.05) is 51.2 Å². The van der Waals surface area contributed by atoms with Gasteiger partial charge in [0.2, 0.25) is 5.91 Å². The number of halogens is 1. The summed E-state index contributed by atoms with van der Waals surface area (Å²) in [6.07, 6.45) is 2.91. The Balaban J connectivity index is 1.32. The lowest BCUT2D eigenvalue weighted by Gasteiger charge is -2.47. The smallest absolute Gasteiger partial charge is 0.410 e. The van der Waals surface area contributed by atoms with E-state index >= 15 is 4.39 Å². The summed E-state index contributed by atoms with van der Waals surface area (Å²) in [5, 5.41) is 10.5. The number of hydrogen-bond acceptors (Lipinski definition) is 7. The number of carbonyl (C=O) groups excluding carboxylic acids is 2. The van der Waals surface area contributed by atoms with Gasteiger partial charge in [-0.05, 0) is 71.7 Å². The first-order chi connectivity index (χ1) is 20.0. The number of hydrogen-bond donors (Lipinski definition) is 0. The van der Waals surface area contributed by atoms with Crippen LogP contribution in [0.4, 0.5) is 15.0 Å². The molecule has 6 rings (SSSR count). The predicted molar refractivity (Wildman–Crippen MR) is 156 cm³/mol. The molecule has 5 heterocycles. The minimum Gasteiger partial charge on any atom is -0.444 e. The Labute approximate surface area is 246 Å². The highest BCUT2D eigenvalue weighted by Gasteiger charge is 2.51. The largest absolute Gasteiger partial charge is 0.444 e. The molecule has 0 saturated carbocycles. The second kappa shape index (κ2) is 10.5. The van der Waals surface area contributed by atoms with Gasteiger partial charge in [-0.1, -0.05) is 18.2 Å². The molecule has 4 aliphatic heterocycles. The van der Waals surface area contributed by atoms with E-state index in [1.54, 1.807) is 23.1 Å². The molecule has 0 bridgehead atoms. The van der Waals surface area contributed by atoms with Crippen LogP contribution in [0.3, 0.4) is 0 Å². The molecular formula is C32H39FN6O3. The lowest BCUT2D eigenvalue weighted by molar-refractivity contribution is -0.136. The summed E-state index contributed by atoms with van der Waals surface area (Å²) >= 11 is 0. The van der Waals surface area contributed by atoms with Gasteiger partial charge < -0.3 is 19.4 Å². The van der Waals surface area contributed by atoms with E-state index in [1.807, 2.05) is 32.7 Å². The zero-order chi connectivity index (χ0) is 29.8. The Morgan fingerprint density at radius 1 is 1.12 bits per heavy atom. The number of rotatable bonds is 3. The first-order valence-electron chi connectivity index (χ1n) is 14.9. The van der Waals surface area contributed by atoms with Gasteiger partial charge in [-0.15, -0.1) is 0 Å². The molecule has 10 heteroatoms. The Bertz CT molecular complexity index is 1460. The number of nitriles is 1. The standard InChI is InChI=1S/C32H39FN6O3/c1-31(2,3)42-30(41)39-19-32(20-39)12-15-38(18-32)28-23(16-34)27(21-8-5-6-9-24(21)33)22-11-14-37(17-25(22)35-28)29(40)26-10-7-13-36(26)4/h5-6,8-9,26H,7,10-15,17-20H2,1-4H3/t26-/m0/s1. The molecule has 4 aliphatic rings. The third-order valence-electron chi connectivity index (χ3n) is 9.15. The molecule has 1 atom stereocenters. The van der Waals surface area contributed by atoms with Gasteiger partial charge in [-0.25, -0.2) is 14.2 Å². The molecule has 222 valence electrons. The molecule has 0 aliphatic carbocycles. The number of likely N-dealkylation sites (N-methyl/N-ethyl adjacent to an activating group) is 1. The summed E-state index contributed by atoms with van der Waals surface area (Å²) in [7, 11) is 1.99. The normalized spacial score (nSPS) is 21.7. The summed E-state index contributed by atoms with van der Waals surface area (Å²) in [5.74, 6) is 0.260. The van der Waals surface area contributed by atoms with Crippen molar-refractivity contribution in [3.63, 3.8) is 0 Å². The number of anilines is 1. The number of amides is 2. The van der Waals surface area contributed by atoms with Gasteiger partial charge in [0.15, 0.2) is 0 Å². The van der Waals surface area contributed by atoms with Crippen molar-refractivity contribution in [2.24, 2.45) is 5.41 Å². The number of ether oxygens (including phenoxy) is 1. The van der Waals surface area contributed by atoms with Crippen LogP contribution in [0.1, 0.15) is 56.9 Å². The van der Waals surface area contributed by atoms with E-state index < -0.39 is 5.60 Å². The summed E-state index contributed by atoms with van der Waals surface area (Å²) in [5.41, 5.74) is 2.26. The van der Waals surface area contributed by atoms with Crippen LogP contribution in [0.5, 0.6) is 0 Å². The van der Waals surface area contributed by atoms with Crippen molar-refractivity contribution in [2.45, 2.75) is 64.6 Å². The second-order valence-corrected chi connectivity index (χ2v) is 13.4. The minimum atomic E-state index is -0.554. The highest BCUT2D eigenvalue weighted by atomic mass is 19.1. The van der Waals surface area contributed by atoms with Gasteiger partial charge >= 0.3 is 6.09 Å². The van der Waals surface area contributed by atoms with Crippen molar-refractivity contribution in [3.05, 3.63) is 46.9 Å². The van der Waals surface area contributed by atoms with E-state index in [0.717, 1.165) is 37.1 Å². The number of benzene rings is 1. The Kier molecular flexibility index (Phi) is 7.12. The highest BCUT2D eigenvalue weighted by Crippen LogP contribution is 2.44. The number of carbonyl (C=O) groups is 2. The van der Waals surface area contributed by atoms with Crippen LogP contribution in [0.15, 0.2) is 24.3 Å². The number of pyridine rings is 1. The van der Waals surface area contributed by atoms with Gasteiger partial charge in [-0.2, -0.15) is 5.26 Å². The summed E-state index contributed by atoms with van der Waals surface area (Å²) in [6, 6.07) is 8.82. The Morgan fingerprint density at radius 3 is 2.55 bits per heavy atom. The molecule has 0 unspecified atom stereocenters. The molecular weight excluding hydrogens is 535 g/mol. The number of fused-ring (bicyclic) bond motifs is 1. The third kappa shape index (κ3) is 5.08. The maximum Gasteiger partial charge on any atom is 0.410 e. The van der Waals surface area contributed by atoms with E-state index in [-0.39, 0.29) is 29.3 Å².